The Hall–Kier alpha value is -2.54. The number of fused-ring (bicyclic) bond motifs is 1. The van der Waals surface area contributed by atoms with Gasteiger partial charge in [0.25, 0.3) is 0 Å². The molecule has 4 nitrogen and oxygen atoms in total. The summed E-state index contributed by atoms with van der Waals surface area (Å²) in [6, 6.07) is 8.93. The molecular weight excluding hydrogens is 369 g/mol. The summed E-state index contributed by atoms with van der Waals surface area (Å²) in [7, 11) is 0. The van der Waals surface area contributed by atoms with E-state index >= 15 is 0 Å². The molecule has 0 aliphatic rings. The Bertz CT molecular complexity index is 949. The Morgan fingerprint density at radius 2 is 1.88 bits per heavy atom. The molecule has 0 unspecified atom stereocenters. The molecule has 0 bridgehead atoms. The predicted octanol–water partition coefficient (Wildman–Crippen LogP) is 4.78. The smallest absolute Gasteiger partial charge is 0.417 e. The number of aromatic nitrogens is 2. The van der Waals surface area contributed by atoms with Gasteiger partial charge in [-0.25, -0.2) is 4.98 Å². The van der Waals surface area contributed by atoms with Gasteiger partial charge in [-0.3, -0.25) is 4.79 Å². The number of imidazole rings is 1. The molecule has 0 aliphatic heterocycles. The van der Waals surface area contributed by atoms with E-state index in [0.29, 0.717) is 27.6 Å². The van der Waals surface area contributed by atoms with E-state index in [4.69, 9.17) is 16.3 Å². The average Bonchev–Trinajstić information content (AvgIpc) is 2.93. The van der Waals surface area contributed by atoms with Crippen LogP contribution in [0.2, 0.25) is 5.02 Å². The van der Waals surface area contributed by atoms with Crippen LogP contribution in [0.25, 0.3) is 16.9 Å². The molecular formula is C18H14ClF3N2O2. The van der Waals surface area contributed by atoms with E-state index < -0.39 is 17.7 Å². The Balaban J connectivity index is 2.19. The zero-order valence-electron chi connectivity index (χ0n) is 13.7. The molecule has 3 aromatic rings. The van der Waals surface area contributed by atoms with E-state index in [0.717, 1.165) is 12.3 Å². The van der Waals surface area contributed by atoms with Gasteiger partial charge in [-0.15, -0.1) is 0 Å². The quantitative estimate of drug-likeness (QED) is 0.610. The van der Waals surface area contributed by atoms with Crippen molar-refractivity contribution in [1.29, 1.82) is 0 Å². The summed E-state index contributed by atoms with van der Waals surface area (Å²) >= 11 is 5.89. The fraction of sp³-hybridized carbons (Fsp3) is 0.222. The summed E-state index contributed by atoms with van der Waals surface area (Å²) in [5.41, 5.74) is 0.865. The van der Waals surface area contributed by atoms with Crippen molar-refractivity contribution in [3.8, 4) is 11.3 Å². The van der Waals surface area contributed by atoms with Gasteiger partial charge in [-0.1, -0.05) is 23.7 Å². The van der Waals surface area contributed by atoms with E-state index in [-0.39, 0.29) is 13.0 Å². The maximum absolute atomic E-state index is 13.1. The van der Waals surface area contributed by atoms with Gasteiger partial charge in [0.1, 0.15) is 5.65 Å². The molecule has 0 radical (unpaired) electrons. The number of hydrogen-bond donors (Lipinski definition) is 0. The highest BCUT2D eigenvalue weighted by atomic mass is 35.5. The van der Waals surface area contributed by atoms with Crippen molar-refractivity contribution in [3.05, 3.63) is 58.9 Å². The number of carbonyl (C=O) groups is 1. The van der Waals surface area contributed by atoms with Crippen LogP contribution in [0.5, 0.6) is 0 Å². The number of nitrogens with zero attached hydrogens (tertiary/aromatic N) is 2. The van der Waals surface area contributed by atoms with Crippen molar-refractivity contribution in [3.63, 3.8) is 0 Å². The predicted molar refractivity (Wildman–Crippen MR) is 91.0 cm³/mol. The maximum atomic E-state index is 13.1. The van der Waals surface area contributed by atoms with Gasteiger partial charge < -0.3 is 9.14 Å². The number of ether oxygens (including phenoxy) is 1. The number of rotatable bonds is 4. The molecule has 2 aromatic heterocycles. The van der Waals surface area contributed by atoms with Crippen molar-refractivity contribution < 1.29 is 22.7 Å². The van der Waals surface area contributed by atoms with E-state index in [9.17, 15) is 18.0 Å². The van der Waals surface area contributed by atoms with Crippen LogP contribution in [0.4, 0.5) is 13.2 Å². The first kappa shape index (κ1) is 18.3. The molecule has 0 fully saturated rings. The number of halogens is 4. The van der Waals surface area contributed by atoms with Crippen LogP contribution in [0.1, 0.15) is 18.2 Å². The monoisotopic (exact) mass is 382 g/mol. The molecule has 1 aromatic carbocycles. The number of hydrogen-bond acceptors (Lipinski definition) is 3. The molecule has 0 spiro atoms. The van der Waals surface area contributed by atoms with Crippen LogP contribution in [0, 0.1) is 0 Å². The third-order valence-corrected chi connectivity index (χ3v) is 4.03. The van der Waals surface area contributed by atoms with Gasteiger partial charge in [-0.2, -0.15) is 13.2 Å². The molecule has 0 amide bonds. The number of pyridine rings is 1. The lowest BCUT2D eigenvalue weighted by Crippen LogP contribution is -2.11. The number of carbonyl (C=O) groups excluding carboxylic acids is 1. The van der Waals surface area contributed by atoms with Gasteiger partial charge in [0.15, 0.2) is 0 Å². The average molecular weight is 383 g/mol. The Kier molecular flexibility index (Phi) is 4.91. The largest absolute Gasteiger partial charge is 0.466 e. The third kappa shape index (κ3) is 3.67. The van der Waals surface area contributed by atoms with Crippen LogP contribution in [-0.4, -0.2) is 22.0 Å². The first-order chi connectivity index (χ1) is 12.3. The Morgan fingerprint density at radius 1 is 1.19 bits per heavy atom. The second-order valence-corrected chi connectivity index (χ2v) is 5.98. The van der Waals surface area contributed by atoms with Gasteiger partial charge in [0, 0.05) is 16.8 Å². The number of benzene rings is 1. The fourth-order valence-electron chi connectivity index (χ4n) is 2.62. The molecule has 26 heavy (non-hydrogen) atoms. The Labute approximate surface area is 152 Å². The van der Waals surface area contributed by atoms with Gasteiger partial charge >= 0.3 is 12.1 Å². The highest BCUT2D eigenvalue weighted by Gasteiger charge is 2.31. The zero-order valence-corrected chi connectivity index (χ0v) is 14.4. The first-order valence-corrected chi connectivity index (χ1v) is 8.17. The normalized spacial score (nSPS) is 11.7. The molecule has 0 saturated carbocycles. The van der Waals surface area contributed by atoms with Crippen LogP contribution >= 0.6 is 11.6 Å². The van der Waals surface area contributed by atoms with Crippen LogP contribution in [-0.2, 0) is 22.1 Å². The minimum absolute atomic E-state index is 0.180. The summed E-state index contributed by atoms with van der Waals surface area (Å²) in [5.74, 6) is -0.540. The van der Waals surface area contributed by atoms with Crippen molar-refractivity contribution >= 4 is 23.2 Å². The van der Waals surface area contributed by atoms with Gasteiger partial charge in [0.05, 0.1) is 30.0 Å². The summed E-state index contributed by atoms with van der Waals surface area (Å²) in [6.07, 6.45) is -3.76. The van der Waals surface area contributed by atoms with Crippen LogP contribution in [0.3, 0.4) is 0 Å². The lowest BCUT2D eigenvalue weighted by molar-refractivity contribution is -0.142. The summed E-state index contributed by atoms with van der Waals surface area (Å²) in [5, 5.41) is 0.517. The lowest BCUT2D eigenvalue weighted by atomic mass is 10.1. The summed E-state index contributed by atoms with van der Waals surface area (Å²) in [6.45, 7) is 1.84. The van der Waals surface area contributed by atoms with E-state index in [1.54, 1.807) is 31.2 Å². The van der Waals surface area contributed by atoms with E-state index in [2.05, 4.69) is 4.98 Å². The molecule has 2 heterocycles. The minimum Gasteiger partial charge on any atom is -0.466 e. The highest BCUT2D eigenvalue weighted by molar-refractivity contribution is 6.30. The van der Waals surface area contributed by atoms with Crippen molar-refractivity contribution in [2.45, 2.75) is 19.5 Å². The maximum Gasteiger partial charge on any atom is 0.417 e. The number of esters is 1. The Morgan fingerprint density at radius 3 is 2.50 bits per heavy atom. The first-order valence-electron chi connectivity index (χ1n) is 7.79. The fourth-order valence-corrected chi connectivity index (χ4v) is 2.74. The van der Waals surface area contributed by atoms with Crippen LogP contribution < -0.4 is 0 Å². The van der Waals surface area contributed by atoms with E-state index in [1.165, 1.54) is 10.5 Å². The summed E-state index contributed by atoms with van der Waals surface area (Å²) < 4.78 is 45.4. The second-order valence-electron chi connectivity index (χ2n) is 5.54. The topological polar surface area (TPSA) is 43.6 Å². The molecule has 0 saturated heterocycles. The highest BCUT2D eigenvalue weighted by Crippen LogP contribution is 2.32. The number of alkyl halides is 3. The minimum atomic E-state index is -4.50. The second kappa shape index (κ2) is 6.99. The third-order valence-electron chi connectivity index (χ3n) is 3.78. The van der Waals surface area contributed by atoms with Crippen molar-refractivity contribution in [2.75, 3.05) is 6.61 Å². The molecule has 0 aliphatic carbocycles. The van der Waals surface area contributed by atoms with Gasteiger partial charge in [0.2, 0.25) is 0 Å². The van der Waals surface area contributed by atoms with E-state index in [1.807, 2.05) is 0 Å². The van der Waals surface area contributed by atoms with Crippen molar-refractivity contribution in [2.24, 2.45) is 0 Å². The molecule has 8 heteroatoms. The van der Waals surface area contributed by atoms with Crippen molar-refractivity contribution in [1.82, 2.24) is 9.38 Å². The lowest BCUT2D eigenvalue weighted by Gasteiger charge is -2.09. The van der Waals surface area contributed by atoms with Crippen LogP contribution in [0.15, 0.2) is 42.6 Å². The molecule has 0 atom stereocenters. The SMILES string of the molecule is CCOC(=O)Cc1c(-c2ccc(Cl)cc2)nc2ccc(C(F)(F)F)cn12. The van der Waals surface area contributed by atoms with Gasteiger partial charge in [-0.05, 0) is 31.2 Å². The summed E-state index contributed by atoms with van der Waals surface area (Å²) in [4.78, 5) is 16.4. The zero-order chi connectivity index (χ0) is 18.9. The standard InChI is InChI=1S/C18H14ClF3N2O2/c1-2-26-16(25)9-14-17(11-3-6-13(19)7-4-11)23-15-8-5-12(10-24(14)15)18(20,21)22/h3-8,10H,2,9H2,1H3. The molecule has 0 N–H and O–H groups in total. The molecule has 136 valence electrons. The molecule has 3 rings (SSSR count).